The molecule has 1 aromatic rings. The minimum absolute atomic E-state index is 0.268. The largest absolute Gasteiger partial charge is 0.390 e. The number of anilines is 1. The van der Waals surface area contributed by atoms with Crippen molar-refractivity contribution in [3.63, 3.8) is 0 Å². The van der Waals surface area contributed by atoms with Gasteiger partial charge in [-0.2, -0.15) is 0 Å². The molecule has 0 amide bonds. The van der Waals surface area contributed by atoms with E-state index in [9.17, 15) is 5.11 Å². The van der Waals surface area contributed by atoms with Crippen molar-refractivity contribution in [3.8, 4) is 0 Å². The van der Waals surface area contributed by atoms with Crippen LogP contribution in [-0.4, -0.2) is 86.6 Å². The molecule has 0 radical (unpaired) electrons. The van der Waals surface area contributed by atoms with Gasteiger partial charge in [-0.05, 0) is 25.5 Å². The summed E-state index contributed by atoms with van der Waals surface area (Å²) in [4.78, 5) is 7.17. The third-order valence-electron chi connectivity index (χ3n) is 5.11. The number of hydrogen-bond acceptors (Lipinski definition) is 5. The number of aliphatic hydroxyl groups excluding tert-OH is 1. The van der Waals surface area contributed by atoms with Gasteiger partial charge in [-0.15, -0.1) is 0 Å². The number of rotatable bonds is 5. The van der Waals surface area contributed by atoms with E-state index in [1.807, 2.05) is 0 Å². The van der Waals surface area contributed by atoms with E-state index in [2.05, 4.69) is 46.7 Å². The smallest absolute Gasteiger partial charge is 0.0793 e. The van der Waals surface area contributed by atoms with Crippen LogP contribution in [-0.2, 0) is 4.74 Å². The molecule has 2 fully saturated rings. The number of morpholine rings is 1. The summed E-state index contributed by atoms with van der Waals surface area (Å²) in [6.07, 6.45) is -0.268. The van der Waals surface area contributed by atoms with Crippen LogP contribution in [0.15, 0.2) is 18.2 Å². The Balaban J connectivity index is 1.44. The summed E-state index contributed by atoms with van der Waals surface area (Å²) < 4.78 is 5.36. The highest BCUT2D eigenvalue weighted by molar-refractivity contribution is 5.54. The summed E-state index contributed by atoms with van der Waals surface area (Å²) in [5.41, 5.74) is 4.03. The molecule has 0 aromatic heterocycles. The van der Waals surface area contributed by atoms with Gasteiger partial charge in [0.05, 0.1) is 19.3 Å². The number of ether oxygens (including phenoxy) is 1. The highest BCUT2D eigenvalue weighted by Gasteiger charge is 2.22. The fraction of sp³-hybridized carbons (Fsp3) is 0.684. The minimum Gasteiger partial charge on any atom is -0.390 e. The third-order valence-corrected chi connectivity index (χ3v) is 5.11. The van der Waals surface area contributed by atoms with Crippen molar-refractivity contribution in [2.24, 2.45) is 0 Å². The topological polar surface area (TPSA) is 39.2 Å². The second kappa shape index (κ2) is 8.30. The molecule has 2 saturated heterocycles. The van der Waals surface area contributed by atoms with Gasteiger partial charge in [0, 0.05) is 58.0 Å². The van der Waals surface area contributed by atoms with Crippen LogP contribution in [0.3, 0.4) is 0 Å². The Labute approximate surface area is 145 Å². The van der Waals surface area contributed by atoms with Crippen LogP contribution in [0.25, 0.3) is 0 Å². The zero-order valence-electron chi connectivity index (χ0n) is 15.1. The van der Waals surface area contributed by atoms with Gasteiger partial charge in [-0.1, -0.05) is 17.7 Å². The van der Waals surface area contributed by atoms with Crippen LogP contribution in [0.1, 0.15) is 11.1 Å². The van der Waals surface area contributed by atoms with Crippen molar-refractivity contribution in [3.05, 3.63) is 29.3 Å². The highest BCUT2D eigenvalue weighted by atomic mass is 16.5. The summed E-state index contributed by atoms with van der Waals surface area (Å²) in [6.45, 7) is 13.5. The van der Waals surface area contributed by atoms with Crippen molar-refractivity contribution in [2.75, 3.05) is 70.5 Å². The Kier molecular flexibility index (Phi) is 6.11. The van der Waals surface area contributed by atoms with Crippen LogP contribution in [0.5, 0.6) is 0 Å². The normalized spacial score (nSPS) is 21.9. The molecule has 0 saturated carbocycles. The Hall–Kier alpha value is -1.14. The van der Waals surface area contributed by atoms with Crippen molar-refractivity contribution < 1.29 is 9.84 Å². The minimum atomic E-state index is -0.268. The molecule has 1 N–H and O–H groups in total. The number of piperazine rings is 1. The maximum absolute atomic E-state index is 10.4. The van der Waals surface area contributed by atoms with E-state index in [1.165, 1.54) is 16.8 Å². The lowest BCUT2D eigenvalue weighted by Gasteiger charge is -2.38. The summed E-state index contributed by atoms with van der Waals surface area (Å²) >= 11 is 0. The van der Waals surface area contributed by atoms with Crippen LogP contribution in [0.4, 0.5) is 5.69 Å². The number of hydrogen-bond donors (Lipinski definition) is 1. The molecule has 5 heteroatoms. The van der Waals surface area contributed by atoms with E-state index >= 15 is 0 Å². The summed E-state index contributed by atoms with van der Waals surface area (Å²) in [7, 11) is 0. The first-order valence-corrected chi connectivity index (χ1v) is 9.14. The van der Waals surface area contributed by atoms with Crippen LogP contribution in [0.2, 0.25) is 0 Å². The molecule has 2 aliphatic rings. The lowest BCUT2D eigenvalue weighted by Crippen LogP contribution is -2.51. The second-order valence-electron chi connectivity index (χ2n) is 7.14. The molecule has 24 heavy (non-hydrogen) atoms. The first-order chi connectivity index (χ1) is 11.6. The van der Waals surface area contributed by atoms with Crippen molar-refractivity contribution >= 4 is 5.69 Å². The second-order valence-corrected chi connectivity index (χ2v) is 7.14. The number of benzene rings is 1. The molecular weight excluding hydrogens is 302 g/mol. The molecule has 134 valence electrons. The van der Waals surface area contributed by atoms with Crippen LogP contribution in [0, 0.1) is 13.8 Å². The fourth-order valence-corrected chi connectivity index (χ4v) is 3.77. The van der Waals surface area contributed by atoms with Crippen molar-refractivity contribution in [1.82, 2.24) is 9.80 Å². The first kappa shape index (κ1) is 17.7. The molecule has 1 aromatic carbocycles. The van der Waals surface area contributed by atoms with E-state index in [-0.39, 0.29) is 6.10 Å². The quantitative estimate of drug-likeness (QED) is 0.874. The standard InChI is InChI=1S/C19H31N3O2/c1-16-3-4-19(17(2)13-16)22-7-5-20(6-8-22)14-18(23)15-21-9-11-24-12-10-21/h3-4,13,18,23H,5-12,14-15H2,1-2H3. The summed E-state index contributed by atoms with van der Waals surface area (Å²) in [5, 5.41) is 10.4. The lowest BCUT2D eigenvalue weighted by atomic mass is 10.1. The lowest BCUT2D eigenvalue weighted by molar-refractivity contribution is 0.00656. The predicted octanol–water partition coefficient (Wildman–Crippen LogP) is 1.12. The van der Waals surface area contributed by atoms with Gasteiger partial charge < -0.3 is 14.7 Å². The molecule has 2 heterocycles. The number of nitrogens with zero attached hydrogens (tertiary/aromatic N) is 3. The molecule has 0 spiro atoms. The van der Waals surface area contributed by atoms with Gasteiger partial charge in [-0.3, -0.25) is 9.80 Å². The molecular formula is C19H31N3O2. The van der Waals surface area contributed by atoms with Gasteiger partial charge in [-0.25, -0.2) is 0 Å². The first-order valence-electron chi connectivity index (χ1n) is 9.14. The van der Waals surface area contributed by atoms with Gasteiger partial charge in [0.2, 0.25) is 0 Å². The van der Waals surface area contributed by atoms with E-state index in [0.717, 1.165) is 65.6 Å². The van der Waals surface area contributed by atoms with E-state index < -0.39 is 0 Å². The molecule has 2 aliphatic heterocycles. The van der Waals surface area contributed by atoms with Crippen molar-refractivity contribution in [1.29, 1.82) is 0 Å². The number of β-amino-alcohol motifs (C(OH)–C–C–N with tert-alkyl or cyclic N) is 1. The third kappa shape index (κ3) is 4.70. The van der Waals surface area contributed by atoms with Gasteiger partial charge in [0.1, 0.15) is 0 Å². The van der Waals surface area contributed by atoms with E-state index in [1.54, 1.807) is 0 Å². The van der Waals surface area contributed by atoms with E-state index in [4.69, 9.17) is 4.74 Å². The van der Waals surface area contributed by atoms with E-state index in [0.29, 0.717) is 0 Å². The van der Waals surface area contributed by atoms with Crippen LogP contribution >= 0.6 is 0 Å². The monoisotopic (exact) mass is 333 g/mol. The Morgan fingerprint density at radius 3 is 2.21 bits per heavy atom. The molecule has 3 rings (SSSR count). The van der Waals surface area contributed by atoms with Gasteiger partial charge in [0.25, 0.3) is 0 Å². The average Bonchev–Trinajstić information content (AvgIpc) is 2.57. The Morgan fingerprint density at radius 2 is 1.58 bits per heavy atom. The Bertz CT molecular complexity index is 523. The van der Waals surface area contributed by atoms with Crippen molar-refractivity contribution in [2.45, 2.75) is 20.0 Å². The highest BCUT2D eigenvalue weighted by Crippen LogP contribution is 2.22. The zero-order valence-corrected chi connectivity index (χ0v) is 15.1. The molecule has 0 bridgehead atoms. The summed E-state index contributed by atoms with van der Waals surface area (Å²) in [6, 6.07) is 6.70. The zero-order chi connectivity index (χ0) is 16.9. The molecule has 1 unspecified atom stereocenters. The Morgan fingerprint density at radius 1 is 0.958 bits per heavy atom. The molecule has 5 nitrogen and oxygen atoms in total. The van der Waals surface area contributed by atoms with Gasteiger partial charge >= 0.3 is 0 Å². The fourth-order valence-electron chi connectivity index (χ4n) is 3.77. The molecule has 1 atom stereocenters. The predicted molar refractivity (Wildman–Crippen MR) is 97.8 cm³/mol. The maximum Gasteiger partial charge on any atom is 0.0793 e. The maximum atomic E-state index is 10.4. The number of aliphatic hydroxyl groups is 1. The van der Waals surface area contributed by atoms with Gasteiger partial charge in [0.15, 0.2) is 0 Å². The number of aryl methyl sites for hydroxylation is 2. The molecule has 0 aliphatic carbocycles. The SMILES string of the molecule is Cc1ccc(N2CCN(CC(O)CN3CCOCC3)CC2)c(C)c1. The van der Waals surface area contributed by atoms with Crippen LogP contribution < -0.4 is 4.90 Å². The summed E-state index contributed by atoms with van der Waals surface area (Å²) in [5.74, 6) is 0. The average molecular weight is 333 g/mol.